The van der Waals surface area contributed by atoms with E-state index in [-0.39, 0.29) is 0 Å². The number of anilines is 2. The Hall–Kier alpha value is -1.19. The zero-order chi connectivity index (χ0) is 11.0. The molecule has 0 unspecified atom stereocenters. The Morgan fingerprint density at radius 1 is 1.53 bits per heavy atom. The number of rotatable bonds is 4. The second kappa shape index (κ2) is 3.76. The number of nitrogens with two attached hydrogens (primary N) is 1. The van der Waals surface area contributed by atoms with E-state index in [9.17, 15) is 0 Å². The molecule has 1 aromatic rings. The minimum Gasteiger partial charge on any atom is -0.394 e. The lowest BCUT2D eigenvalue weighted by atomic mass is 10.3. The molecule has 1 heterocycles. The summed E-state index contributed by atoms with van der Waals surface area (Å²) < 4.78 is 1.99. The summed E-state index contributed by atoms with van der Waals surface area (Å²) in [7, 11) is 2.11. The quantitative estimate of drug-likeness (QED) is 0.818. The summed E-state index contributed by atoms with van der Waals surface area (Å²) in [5, 5.41) is 4.43. The molecule has 1 saturated carbocycles. The van der Waals surface area contributed by atoms with E-state index in [1.54, 1.807) is 0 Å². The van der Waals surface area contributed by atoms with Gasteiger partial charge in [0.2, 0.25) is 0 Å². The lowest BCUT2D eigenvalue weighted by Gasteiger charge is -2.20. The van der Waals surface area contributed by atoms with Gasteiger partial charge in [-0.2, -0.15) is 5.10 Å². The van der Waals surface area contributed by atoms with E-state index in [0.717, 1.165) is 36.2 Å². The van der Waals surface area contributed by atoms with Gasteiger partial charge in [0.05, 0.1) is 11.4 Å². The van der Waals surface area contributed by atoms with Gasteiger partial charge in [-0.25, -0.2) is 4.68 Å². The van der Waals surface area contributed by atoms with E-state index in [1.165, 1.54) is 12.8 Å². The van der Waals surface area contributed by atoms with Crippen LogP contribution < -0.4 is 10.6 Å². The van der Waals surface area contributed by atoms with Crippen molar-refractivity contribution in [2.75, 3.05) is 24.2 Å². The first kappa shape index (κ1) is 10.3. The van der Waals surface area contributed by atoms with Crippen molar-refractivity contribution in [3.05, 3.63) is 5.69 Å². The Bertz CT molecular complexity index is 352. The maximum atomic E-state index is 6.05. The fourth-order valence-corrected chi connectivity index (χ4v) is 1.98. The van der Waals surface area contributed by atoms with Crippen LogP contribution in [0.5, 0.6) is 0 Å². The van der Waals surface area contributed by atoms with Crippen molar-refractivity contribution in [1.82, 2.24) is 9.78 Å². The van der Waals surface area contributed by atoms with E-state index in [4.69, 9.17) is 5.73 Å². The lowest BCUT2D eigenvalue weighted by molar-refractivity contribution is 0.633. The summed E-state index contributed by atoms with van der Waals surface area (Å²) in [5.74, 6) is 1.96. The summed E-state index contributed by atoms with van der Waals surface area (Å²) in [6, 6.07) is 0. The highest BCUT2D eigenvalue weighted by molar-refractivity contribution is 5.65. The Labute approximate surface area is 91.1 Å². The SMILES string of the molecule is CCn1nc(C)c(N)c1N(C)CC1CC1. The molecule has 15 heavy (non-hydrogen) atoms. The first-order valence-corrected chi connectivity index (χ1v) is 5.67. The molecule has 4 nitrogen and oxygen atoms in total. The van der Waals surface area contributed by atoms with Gasteiger partial charge >= 0.3 is 0 Å². The molecule has 1 fully saturated rings. The monoisotopic (exact) mass is 208 g/mol. The van der Waals surface area contributed by atoms with Gasteiger partial charge in [0.15, 0.2) is 0 Å². The zero-order valence-corrected chi connectivity index (χ0v) is 9.82. The summed E-state index contributed by atoms with van der Waals surface area (Å²) >= 11 is 0. The molecule has 1 aliphatic carbocycles. The first-order valence-electron chi connectivity index (χ1n) is 5.67. The van der Waals surface area contributed by atoms with E-state index >= 15 is 0 Å². The Morgan fingerprint density at radius 2 is 2.20 bits per heavy atom. The van der Waals surface area contributed by atoms with E-state index in [1.807, 2.05) is 11.6 Å². The number of aryl methyl sites for hydroxylation is 2. The third-order valence-electron chi connectivity index (χ3n) is 3.04. The van der Waals surface area contributed by atoms with Gasteiger partial charge in [0, 0.05) is 20.1 Å². The van der Waals surface area contributed by atoms with Crippen LogP contribution in [0.25, 0.3) is 0 Å². The highest BCUT2D eigenvalue weighted by atomic mass is 15.4. The highest BCUT2D eigenvalue weighted by Crippen LogP contribution is 2.33. The minimum absolute atomic E-state index is 0.833. The molecule has 1 aromatic heterocycles. The number of hydrogen-bond acceptors (Lipinski definition) is 3. The van der Waals surface area contributed by atoms with Crippen LogP contribution in [0, 0.1) is 12.8 Å². The van der Waals surface area contributed by atoms with Gasteiger partial charge in [0.1, 0.15) is 5.82 Å². The second-order valence-electron chi connectivity index (χ2n) is 4.46. The number of nitrogens with zero attached hydrogens (tertiary/aromatic N) is 3. The molecule has 84 valence electrons. The number of hydrogen-bond donors (Lipinski definition) is 1. The van der Waals surface area contributed by atoms with E-state index < -0.39 is 0 Å². The van der Waals surface area contributed by atoms with Crippen molar-refractivity contribution in [2.45, 2.75) is 33.2 Å². The van der Waals surface area contributed by atoms with E-state index in [2.05, 4.69) is 24.0 Å². The molecule has 1 aliphatic rings. The maximum absolute atomic E-state index is 6.05. The van der Waals surface area contributed by atoms with Crippen molar-refractivity contribution in [3.63, 3.8) is 0 Å². The molecule has 0 amide bonds. The third kappa shape index (κ3) is 1.94. The predicted octanol–water partition coefficient (Wildman–Crippen LogP) is 1.64. The number of aromatic nitrogens is 2. The molecule has 0 spiro atoms. The smallest absolute Gasteiger partial charge is 0.150 e. The Balaban J connectivity index is 2.23. The third-order valence-corrected chi connectivity index (χ3v) is 3.04. The van der Waals surface area contributed by atoms with E-state index in [0.29, 0.717) is 0 Å². The zero-order valence-electron chi connectivity index (χ0n) is 9.82. The van der Waals surface area contributed by atoms with Crippen molar-refractivity contribution >= 4 is 11.5 Å². The fourth-order valence-electron chi connectivity index (χ4n) is 1.98. The van der Waals surface area contributed by atoms with Crippen LogP contribution in [0.1, 0.15) is 25.5 Å². The van der Waals surface area contributed by atoms with Crippen LogP contribution >= 0.6 is 0 Å². The van der Waals surface area contributed by atoms with Gasteiger partial charge in [-0.3, -0.25) is 0 Å². The van der Waals surface area contributed by atoms with Crippen LogP contribution in [0.15, 0.2) is 0 Å². The molecule has 2 N–H and O–H groups in total. The number of nitrogen functional groups attached to an aromatic ring is 1. The first-order chi connectivity index (χ1) is 7.13. The fraction of sp³-hybridized carbons (Fsp3) is 0.727. The Morgan fingerprint density at radius 3 is 2.73 bits per heavy atom. The van der Waals surface area contributed by atoms with Crippen molar-refractivity contribution in [3.8, 4) is 0 Å². The van der Waals surface area contributed by atoms with Gasteiger partial charge in [-0.15, -0.1) is 0 Å². The van der Waals surface area contributed by atoms with Crippen LogP contribution in [0.2, 0.25) is 0 Å². The molecule has 2 rings (SSSR count). The van der Waals surface area contributed by atoms with Gasteiger partial charge < -0.3 is 10.6 Å². The van der Waals surface area contributed by atoms with Crippen LogP contribution in [-0.2, 0) is 6.54 Å². The lowest BCUT2D eigenvalue weighted by Crippen LogP contribution is -2.24. The van der Waals surface area contributed by atoms with Crippen LogP contribution in [0.4, 0.5) is 11.5 Å². The molecule has 0 bridgehead atoms. The molecule has 4 heteroatoms. The Kier molecular flexibility index (Phi) is 2.59. The standard InChI is InChI=1S/C11H20N4/c1-4-15-11(10(12)8(2)13-15)14(3)7-9-5-6-9/h9H,4-7,12H2,1-3H3. The van der Waals surface area contributed by atoms with Crippen molar-refractivity contribution in [2.24, 2.45) is 5.92 Å². The topological polar surface area (TPSA) is 47.1 Å². The summed E-state index contributed by atoms with van der Waals surface area (Å²) in [6.07, 6.45) is 2.73. The molecule has 0 aromatic carbocycles. The molecular formula is C11H20N4. The maximum Gasteiger partial charge on any atom is 0.150 e. The van der Waals surface area contributed by atoms with Crippen molar-refractivity contribution < 1.29 is 0 Å². The van der Waals surface area contributed by atoms with Gasteiger partial charge in [0.25, 0.3) is 0 Å². The molecule has 0 aliphatic heterocycles. The predicted molar refractivity (Wildman–Crippen MR) is 63.0 cm³/mol. The minimum atomic E-state index is 0.833. The summed E-state index contributed by atoms with van der Waals surface area (Å²) in [4.78, 5) is 2.25. The highest BCUT2D eigenvalue weighted by Gasteiger charge is 2.25. The average molecular weight is 208 g/mol. The van der Waals surface area contributed by atoms with Crippen molar-refractivity contribution in [1.29, 1.82) is 0 Å². The van der Waals surface area contributed by atoms with Crippen LogP contribution in [0.3, 0.4) is 0 Å². The summed E-state index contributed by atoms with van der Waals surface area (Å²) in [6.45, 7) is 6.05. The largest absolute Gasteiger partial charge is 0.394 e. The molecule has 0 atom stereocenters. The molecule has 0 saturated heterocycles. The van der Waals surface area contributed by atoms with Gasteiger partial charge in [-0.1, -0.05) is 0 Å². The molecule has 0 radical (unpaired) electrons. The molecular weight excluding hydrogens is 188 g/mol. The normalized spacial score (nSPS) is 15.7. The average Bonchev–Trinajstić information content (AvgIpc) is 2.95. The van der Waals surface area contributed by atoms with Gasteiger partial charge in [-0.05, 0) is 32.6 Å². The summed E-state index contributed by atoms with van der Waals surface area (Å²) in [5.41, 5.74) is 7.82. The second-order valence-corrected chi connectivity index (χ2v) is 4.46. The van der Waals surface area contributed by atoms with Crippen LogP contribution in [-0.4, -0.2) is 23.4 Å².